The Hall–Kier alpha value is -3.52. The summed E-state index contributed by atoms with van der Waals surface area (Å²) in [5, 5.41) is 8.07. The number of aromatic nitrogens is 2. The zero-order valence-electron chi connectivity index (χ0n) is 19.7. The Labute approximate surface area is 204 Å². The summed E-state index contributed by atoms with van der Waals surface area (Å²) in [6.07, 6.45) is 0.661. The number of carbonyl (C=O) groups excluding carboxylic acids is 2. The van der Waals surface area contributed by atoms with Crippen molar-refractivity contribution in [1.82, 2.24) is 15.1 Å². The Morgan fingerprint density at radius 2 is 1.71 bits per heavy atom. The first kappa shape index (κ1) is 25.1. The molecule has 9 heteroatoms. The zero-order chi connectivity index (χ0) is 24.8. The Balaban J connectivity index is 2.10. The fraction of sp³-hybridized carbons (Fsp3) is 0.320. The molecule has 3 N–H and O–H groups in total. The molecule has 34 heavy (non-hydrogen) atoms. The monoisotopic (exact) mass is 484 g/mol. The number of primary amides is 1. The van der Waals surface area contributed by atoms with Crippen molar-refractivity contribution in [2.24, 2.45) is 11.7 Å². The van der Waals surface area contributed by atoms with E-state index in [1.54, 1.807) is 49.2 Å². The molecule has 0 saturated heterocycles. The number of hydrogen-bond acceptors (Lipinski definition) is 5. The molecule has 0 radical (unpaired) electrons. The van der Waals surface area contributed by atoms with Gasteiger partial charge in [0.2, 0.25) is 5.91 Å². The van der Waals surface area contributed by atoms with Crippen molar-refractivity contribution >= 4 is 23.4 Å². The van der Waals surface area contributed by atoms with Gasteiger partial charge in [0.25, 0.3) is 5.91 Å². The molecule has 1 aromatic heterocycles. The molecule has 2 amide bonds. The van der Waals surface area contributed by atoms with Gasteiger partial charge >= 0.3 is 0 Å². The maximum absolute atomic E-state index is 13.2. The quantitative estimate of drug-likeness (QED) is 0.447. The lowest BCUT2D eigenvalue weighted by molar-refractivity contribution is -0.118. The van der Waals surface area contributed by atoms with Crippen LogP contribution in [0.15, 0.2) is 48.5 Å². The number of hydrogen-bond donors (Lipinski definition) is 2. The van der Waals surface area contributed by atoms with Crippen LogP contribution < -0.4 is 20.5 Å². The van der Waals surface area contributed by atoms with Gasteiger partial charge in [-0.05, 0) is 54.8 Å². The van der Waals surface area contributed by atoms with Gasteiger partial charge < -0.3 is 20.5 Å². The van der Waals surface area contributed by atoms with Crippen LogP contribution in [0.3, 0.4) is 0 Å². The third kappa shape index (κ3) is 5.88. The van der Waals surface area contributed by atoms with Crippen molar-refractivity contribution in [2.45, 2.75) is 32.7 Å². The molecular formula is C25H29ClN4O4. The average Bonchev–Trinajstić information content (AvgIpc) is 3.23. The number of nitrogens with one attached hydrogen (secondary N) is 1. The van der Waals surface area contributed by atoms with Gasteiger partial charge in [0.1, 0.15) is 11.5 Å². The standard InChI is InChI=1S/C25H29ClN4O4/c1-15(2)12-17(13-23(27)31)28-25(32)19-14-20(24-21(33-3)6-5-7-22(24)34-4)30(29-19)18-10-8-16(26)9-11-18/h5-11,14-15,17H,12-13H2,1-4H3,(H2,27,31)(H,28,32)/t17-/m0/s1. The third-order valence-corrected chi connectivity index (χ3v) is 5.49. The molecule has 0 aliphatic carbocycles. The van der Waals surface area contributed by atoms with Crippen molar-refractivity contribution in [3.63, 3.8) is 0 Å². The van der Waals surface area contributed by atoms with Gasteiger partial charge in [-0.15, -0.1) is 0 Å². The number of methoxy groups -OCH3 is 2. The molecule has 0 saturated carbocycles. The average molecular weight is 485 g/mol. The van der Waals surface area contributed by atoms with E-state index in [0.717, 1.165) is 0 Å². The predicted molar refractivity (Wildman–Crippen MR) is 132 cm³/mol. The number of amides is 2. The molecule has 3 aromatic rings. The molecule has 3 rings (SSSR count). The van der Waals surface area contributed by atoms with Crippen LogP contribution in [0.25, 0.3) is 16.9 Å². The first-order valence-corrected chi connectivity index (χ1v) is 11.3. The van der Waals surface area contributed by atoms with Gasteiger partial charge in [-0.1, -0.05) is 31.5 Å². The Kier molecular flexibility index (Phi) is 8.17. The van der Waals surface area contributed by atoms with E-state index in [-0.39, 0.29) is 18.0 Å². The second kappa shape index (κ2) is 11.1. The largest absolute Gasteiger partial charge is 0.496 e. The van der Waals surface area contributed by atoms with Gasteiger partial charge in [-0.3, -0.25) is 9.59 Å². The number of benzene rings is 2. The minimum absolute atomic E-state index is 0.0506. The van der Waals surface area contributed by atoms with Crippen LogP contribution >= 0.6 is 11.6 Å². The molecule has 0 fully saturated rings. The zero-order valence-corrected chi connectivity index (χ0v) is 20.4. The molecule has 2 aromatic carbocycles. The number of carbonyl (C=O) groups is 2. The minimum atomic E-state index is -0.475. The Bertz CT molecular complexity index is 1140. The number of nitrogens with zero attached hydrogens (tertiary/aromatic N) is 2. The van der Waals surface area contributed by atoms with Crippen molar-refractivity contribution < 1.29 is 19.1 Å². The lowest BCUT2D eigenvalue weighted by Crippen LogP contribution is -2.39. The van der Waals surface area contributed by atoms with Gasteiger partial charge in [-0.2, -0.15) is 5.10 Å². The van der Waals surface area contributed by atoms with E-state index in [1.165, 1.54) is 0 Å². The molecule has 0 bridgehead atoms. The van der Waals surface area contributed by atoms with E-state index in [9.17, 15) is 9.59 Å². The van der Waals surface area contributed by atoms with Crippen LogP contribution in [0.1, 0.15) is 37.2 Å². The topological polar surface area (TPSA) is 108 Å². The highest BCUT2D eigenvalue weighted by Gasteiger charge is 2.24. The molecular weight excluding hydrogens is 456 g/mol. The summed E-state index contributed by atoms with van der Waals surface area (Å²) in [6, 6.07) is 13.8. The maximum atomic E-state index is 13.2. The fourth-order valence-corrected chi connectivity index (χ4v) is 3.94. The van der Waals surface area contributed by atoms with E-state index in [1.807, 2.05) is 32.0 Å². The SMILES string of the molecule is COc1cccc(OC)c1-c1cc(C(=O)N[C@H](CC(N)=O)CC(C)C)nn1-c1ccc(Cl)cc1. The van der Waals surface area contributed by atoms with Gasteiger partial charge in [0.05, 0.1) is 31.2 Å². The summed E-state index contributed by atoms with van der Waals surface area (Å²) in [5.41, 5.74) is 7.50. The summed E-state index contributed by atoms with van der Waals surface area (Å²) in [4.78, 5) is 24.7. The van der Waals surface area contributed by atoms with E-state index in [4.69, 9.17) is 26.8 Å². The van der Waals surface area contributed by atoms with Gasteiger partial charge in [0, 0.05) is 17.5 Å². The molecule has 1 atom stereocenters. The summed E-state index contributed by atoms with van der Waals surface area (Å²) >= 11 is 6.08. The predicted octanol–water partition coefficient (Wildman–Crippen LogP) is 4.23. The van der Waals surface area contributed by atoms with Gasteiger partial charge in [-0.25, -0.2) is 4.68 Å². The lowest BCUT2D eigenvalue weighted by atomic mass is 10.0. The highest BCUT2D eigenvalue weighted by Crippen LogP contribution is 2.39. The fourth-order valence-electron chi connectivity index (χ4n) is 3.82. The van der Waals surface area contributed by atoms with Crippen LogP contribution in [-0.4, -0.2) is 41.9 Å². The third-order valence-electron chi connectivity index (χ3n) is 5.24. The number of nitrogens with two attached hydrogens (primary N) is 1. The molecule has 0 unspecified atom stereocenters. The summed E-state index contributed by atoms with van der Waals surface area (Å²) < 4.78 is 12.8. The minimum Gasteiger partial charge on any atom is -0.496 e. The van der Waals surface area contributed by atoms with E-state index in [0.29, 0.717) is 39.9 Å². The second-order valence-corrected chi connectivity index (χ2v) is 8.75. The van der Waals surface area contributed by atoms with E-state index in [2.05, 4.69) is 10.4 Å². The summed E-state index contributed by atoms with van der Waals surface area (Å²) in [6.45, 7) is 4.03. The van der Waals surface area contributed by atoms with Gasteiger partial charge in [0.15, 0.2) is 5.69 Å². The van der Waals surface area contributed by atoms with Crippen LogP contribution in [0.5, 0.6) is 11.5 Å². The molecule has 1 heterocycles. The first-order valence-electron chi connectivity index (χ1n) is 10.9. The van der Waals surface area contributed by atoms with Crippen LogP contribution in [0.2, 0.25) is 5.02 Å². The summed E-state index contributed by atoms with van der Waals surface area (Å²) in [7, 11) is 3.13. The number of rotatable bonds is 10. The van der Waals surface area contributed by atoms with Crippen molar-refractivity contribution in [1.29, 1.82) is 0 Å². The first-order chi connectivity index (χ1) is 16.2. The second-order valence-electron chi connectivity index (χ2n) is 8.31. The molecule has 0 aliphatic rings. The van der Waals surface area contributed by atoms with Crippen molar-refractivity contribution in [3.8, 4) is 28.4 Å². The molecule has 8 nitrogen and oxygen atoms in total. The number of ether oxygens (including phenoxy) is 2. The summed E-state index contributed by atoms with van der Waals surface area (Å²) in [5.74, 6) is 0.511. The van der Waals surface area contributed by atoms with E-state index >= 15 is 0 Å². The maximum Gasteiger partial charge on any atom is 0.272 e. The highest BCUT2D eigenvalue weighted by molar-refractivity contribution is 6.30. The van der Waals surface area contributed by atoms with Crippen molar-refractivity contribution in [3.05, 3.63) is 59.2 Å². The van der Waals surface area contributed by atoms with Crippen LogP contribution in [-0.2, 0) is 4.79 Å². The molecule has 0 aliphatic heterocycles. The van der Waals surface area contributed by atoms with Crippen molar-refractivity contribution in [2.75, 3.05) is 14.2 Å². The normalized spacial score (nSPS) is 11.8. The number of halogens is 1. The Morgan fingerprint density at radius 3 is 2.24 bits per heavy atom. The Morgan fingerprint density at radius 1 is 1.09 bits per heavy atom. The molecule has 180 valence electrons. The van der Waals surface area contributed by atoms with Crippen LogP contribution in [0.4, 0.5) is 0 Å². The lowest BCUT2D eigenvalue weighted by Gasteiger charge is -2.18. The molecule has 0 spiro atoms. The smallest absolute Gasteiger partial charge is 0.272 e. The van der Waals surface area contributed by atoms with E-state index < -0.39 is 17.9 Å². The highest BCUT2D eigenvalue weighted by atomic mass is 35.5. The van der Waals surface area contributed by atoms with Crippen LogP contribution in [0, 0.1) is 5.92 Å².